The van der Waals surface area contributed by atoms with Crippen LogP contribution < -0.4 is 0 Å². The summed E-state index contributed by atoms with van der Waals surface area (Å²) in [5, 5.41) is 0. The summed E-state index contributed by atoms with van der Waals surface area (Å²) in [5.41, 5.74) is 3.76. The fraction of sp³-hybridized carbons (Fsp3) is 0.308. The Bertz CT molecular complexity index is 349. The zero-order valence-corrected chi connectivity index (χ0v) is 8.37. The van der Waals surface area contributed by atoms with Gasteiger partial charge in [0.25, 0.3) is 0 Å². The largest absolute Gasteiger partial charge is 0.263 e. The van der Waals surface area contributed by atoms with Crippen molar-refractivity contribution >= 4 is 5.71 Å². The van der Waals surface area contributed by atoms with Gasteiger partial charge < -0.3 is 0 Å². The number of rotatable bonds is 3. The smallest absolute Gasteiger partial charge is 0.0335 e. The second kappa shape index (κ2) is 4.23. The van der Waals surface area contributed by atoms with Crippen LogP contribution in [0.3, 0.4) is 0 Å². The van der Waals surface area contributed by atoms with E-state index in [1.807, 2.05) is 0 Å². The predicted octanol–water partition coefficient (Wildman–Crippen LogP) is 3.37. The third-order valence-corrected chi connectivity index (χ3v) is 2.56. The van der Waals surface area contributed by atoms with Gasteiger partial charge in [-0.1, -0.05) is 36.9 Å². The molecule has 1 aliphatic rings. The summed E-state index contributed by atoms with van der Waals surface area (Å²) in [6.45, 7) is 3.87. The molecule has 0 saturated carbocycles. The summed E-state index contributed by atoms with van der Waals surface area (Å²) in [7, 11) is 0. The third-order valence-electron chi connectivity index (χ3n) is 2.56. The molecular formula is C13H15N. The molecule has 0 bridgehead atoms. The van der Waals surface area contributed by atoms with E-state index in [1.54, 1.807) is 0 Å². The Hall–Kier alpha value is -1.37. The Balaban J connectivity index is 1.89. The molecule has 0 spiro atoms. The topological polar surface area (TPSA) is 12.4 Å². The molecule has 1 heteroatoms. The summed E-state index contributed by atoms with van der Waals surface area (Å²) >= 11 is 0. The van der Waals surface area contributed by atoms with Crippen LogP contribution in [0.5, 0.6) is 0 Å². The van der Waals surface area contributed by atoms with Crippen molar-refractivity contribution in [2.24, 2.45) is 4.99 Å². The fourth-order valence-electron chi connectivity index (χ4n) is 1.74. The summed E-state index contributed by atoms with van der Waals surface area (Å²) in [5.74, 6) is 0. The van der Waals surface area contributed by atoms with Gasteiger partial charge in [-0.15, -0.1) is 0 Å². The Labute approximate surface area is 85.2 Å². The van der Waals surface area contributed by atoms with Gasteiger partial charge in [-0.05, 0) is 31.2 Å². The molecule has 0 amide bonds. The lowest BCUT2D eigenvalue weighted by Gasteiger charge is -2.00. The Morgan fingerprint density at radius 1 is 1.07 bits per heavy atom. The van der Waals surface area contributed by atoms with Gasteiger partial charge in [0.1, 0.15) is 0 Å². The lowest BCUT2D eigenvalue weighted by Crippen LogP contribution is -1.95. The van der Waals surface area contributed by atoms with E-state index >= 15 is 0 Å². The van der Waals surface area contributed by atoms with Crippen LogP contribution in [0.4, 0.5) is 0 Å². The monoisotopic (exact) mass is 185 g/mol. The van der Waals surface area contributed by atoms with Crippen LogP contribution in [0.2, 0.25) is 0 Å². The molecule has 0 radical (unpaired) electrons. The second-order valence-corrected chi connectivity index (χ2v) is 3.73. The quantitative estimate of drug-likeness (QED) is 0.684. The van der Waals surface area contributed by atoms with Crippen molar-refractivity contribution in [2.75, 3.05) is 0 Å². The van der Waals surface area contributed by atoms with Gasteiger partial charge in [0.05, 0.1) is 0 Å². The van der Waals surface area contributed by atoms with Crippen molar-refractivity contribution in [3.05, 3.63) is 48.2 Å². The standard InChI is InChI=1S/C13H15N/c1-11-7-9-13(14-11)10-8-12-5-3-2-4-6-12/h2-6H,1,7-10H2. The molecule has 2 rings (SSSR count). The molecule has 1 aliphatic heterocycles. The van der Waals surface area contributed by atoms with Gasteiger partial charge in [-0.25, -0.2) is 0 Å². The Morgan fingerprint density at radius 3 is 2.50 bits per heavy atom. The van der Waals surface area contributed by atoms with Gasteiger partial charge >= 0.3 is 0 Å². The lowest BCUT2D eigenvalue weighted by molar-refractivity contribution is 1.00. The fourth-order valence-corrected chi connectivity index (χ4v) is 1.74. The summed E-state index contributed by atoms with van der Waals surface area (Å²) < 4.78 is 0. The molecule has 1 heterocycles. The van der Waals surface area contributed by atoms with Crippen LogP contribution >= 0.6 is 0 Å². The maximum absolute atomic E-state index is 4.43. The Morgan fingerprint density at radius 2 is 1.86 bits per heavy atom. The number of nitrogens with zero attached hydrogens (tertiary/aromatic N) is 1. The lowest BCUT2D eigenvalue weighted by atomic mass is 10.1. The first-order chi connectivity index (χ1) is 6.84. The maximum Gasteiger partial charge on any atom is 0.0335 e. The van der Waals surface area contributed by atoms with Gasteiger partial charge in [0.15, 0.2) is 0 Å². The highest BCUT2D eigenvalue weighted by atomic mass is 14.8. The van der Waals surface area contributed by atoms with Gasteiger partial charge in [-0.2, -0.15) is 0 Å². The SMILES string of the molecule is C=C1CCC(CCc2ccccc2)=N1. The molecule has 0 saturated heterocycles. The van der Waals surface area contributed by atoms with Crippen molar-refractivity contribution < 1.29 is 0 Å². The molecule has 0 atom stereocenters. The van der Waals surface area contributed by atoms with E-state index in [-0.39, 0.29) is 0 Å². The van der Waals surface area contributed by atoms with Crippen LogP contribution in [0.15, 0.2) is 47.6 Å². The average Bonchev–Trinajstić information content (AvgIpc) is 2.63. The highest BCUT2D eigenvalue weighted by Gasteiger charge is 2.08. The highest BCUT2D eigenvalue weighted by Crippen LogP contribution is 2.17. The van der Waals surface area contributed by atoms with E-state index in [0.29, 0.717) is 0 Å². The molecule has 0 N–H and O–H groups in total. The molecule has 72 valence electrons. The maximum atomic E-state index is 4.43. The summed E-state index contributed by atoms with van der Waals surface area (Å²) in [4.78, 5) is 4.43. The minimum atomic E-state index is 1.05. The Kier molecular flexibility index (Phi) is 2.78. The number of hydrogen-bond donors (Lipinski definition) is 0. The summed E-state index contributed by atoms with van der Waals surface area (Å²) in [6, 6.07) is 10.6. The molecule has 0 unspecified atom stereocenters. The van der Waals surface area contributed by atoms with E-state index in [4.69, 9.17) is 0 Å². The molecule has 14 heavy (non-hydrogen) atoms. The van der Waals surface area contributed by atoms with Crippen LogP contribution in [0.1, 0.15) is 24.8 Å². The third kappa shape index (κ3) is 2.32. The minimum Gasteiger partial charge on any atom is -0.263 e. The number of allylic oxidation sites excluding steroid dienone is 1. The first-order valence-electron chi connectivity index (χ1n) is 5.13. The van der Waals surface area contributed by atoms with Crippen LogP contribution in [-0.4, -0.2) is 5.71 Å². The van der Waals surface area contributed by atoms with Gasteiger partial charge in [0, 0.05) is 11.4 Å². The van der Waals surface area contributed by atoms with E-state index in [1.165, 1.54) is 11.3 Å². The van der Waals surface area contributed by atoms with E-state index in [2.05, 4.69) is 41.9 Å². The number of aryl methyl sites for hydroxylation is 1. The average molecular weight is 185 g/mol. The number of aliphatic imine (C=N–C) groups is 1. The predicted molar refractivity (Wildman–Crippen MR) is 60.6 cm³/mol. The molecule has 1 aromatic rings. The second-order valence-electron chi connectivity index (χ2n) is 3.73. The highest BCUT2D eigenvalue weighted by molar-refractivity contribution is 5.87. The van der Waals surface area contributed by atoms with Crippen molar-refractivity contribution in [2.45, 2.75) is 25.7 Å². The minimum absolute atomic E-state index is 1.05. The molecule has 0 aromatic heterocycles. The first kappa shape index (κ1) is 9.20. The number of benzene rings is 1. The van der Waals surface area contributed by atoms with E-state index in [9.17, 15) is 0 Å². The first-order valence-corrected chi connectivity index (χ1v) is 5.13. The molecule has 0 aliphatic carbocycles. The molecule has 1 aromatic carbocycles. The molecular weight excluding hydrogens is 170 g/mol. The van der Waals surface area contributed by atoms with Crippen LogP contribution in [0, 0.1) is 0 Å². The number of hydrogen-bond acceptors (Lipinski definition) is 1. The van der Waals surface area contributed by atoms with Crippen molar-refractivity contribution in [3.63, 3.8) is 0 Å². The van der Waals surface area contributed by atoms with E-state index < -0.39 is 0 Å². The molecule has 0 fully saturated rings. The summed E-state index contributed by atoms with van der Waals surface area (Å²) in [6.07, 6.45) is 4.37. The van der Waals surface area contributed by atoms with Crippen molar-refractivity contribution in [1.29, 1.82) is 0 Å². The van der Waals surface area contributed by atoms with Crippen molar-refractivity contribution in [3.8, 4) is 0 Å². The van der Waals surface area contributed by atoms with Crippen molar-refractivity contribution in [1.82, 2.24) is 0 Å². The van der Waals surface area contributed by atoms with Gasteiger partial charge in [0.2, 0.25) is 0 Å². The van der Waals surface area contributed by atoms with Crippen LogP contribution in [0.25, 0.3) is 0 Å². The normalized spacial score (nSPS) is 15.7. The van der Waals surface area contributed by atoms with Gasteiger partial charge in [-0.3, -0.25) is 4.99 Å². The zero-order chi connectivity index (χ0) is 9.80. The zero-order valence-electron chi connectivity index (χ0n) is 8.37. The molecule has 1 nitrogen and oxygen atoms in total. The van der Waals surface area contributed by atoms with Crippen LogP contribution in [-0.2, 0) is 6.42 Å². The van der Waals surface area contributed by atoms with E-state index in [0.717, 1.165) is 31.4 Å².